The molecule has 1 aliphatic rings. The standard InChI is InChI=1S/C16H17FN2O3/c1-2-22-16(20)15-12-9-11(19-5-7-21-8-6-19)3-4-14(12)18-10-13(15)17/h3-4,9-10H,2,5-8H2,1H3. The van der Waals surface area contributed by atoms with E-state index >= 15 is 0 Å². The summed E-state index contributed by atoms with van der Waals surface area (Å²) >= 11 is 0. The number of carbonyl (C=O) groups excluding carboxylic acids is 1. The maximum atomic E-state index is 14.1. The number of morpholine rings is 1. The van der Waals surface area contributed by atoms with Crippen LogP contribution >= 0.6 is 0 Å². The monoisotopic (exact) mass is 304 g/mol. The average molecular weight is 304 g/mol. The van der Waals surface area contributed by atoms with Crippen LogP contribution in [0.3, 0.4) is 0 Å². The Balaban J connectivity index is 2.08. The number of pyridine rings is 1. The van der Waals surface area contributed by atoms with Gasteiger partial charge in [0.25, 0.3) is 0 Å². The van der Waals surface area contributed by atoms with Crippen LogP contribution in [0.25, 0.3) is 10.9 Å². The third-order valence-corrected chi connectivity index (χ3v) is 3.66. The minimum absolute atomic E-state index is 0.0537. The highest BCUT2D eigenvalue weighted by atomic mass is 19.1. The van der Waals surface area contributed by atoms with Crippen molar-refractivity contribution in [1.29, 1.82) is 0 Å². The van der Waals surface area contributed by atoms with E-state index in [9.17, 15) is 9.18 Å². The zero-order valence-electron chi connectivity index (χ0n) is 12.3. The van der Waals surface area contributed by atoms with E-state index in [0.29, 0.717) is 24.1 Å². The number of esters is 1. The number of hydrogen-bond donors (Lipinski definition) is 0. The van der Waals surface area contributed by atoms with Gasteiger partial charge in [0.15, 0.2) is 5.82 Å². The van der Waals surface area contributed by atoms with Crippen LogP contribution in [0.2, 0.25) is 0 Å². The number of fused-ring (bicyclic) bond motifs is 1. The van der Waals surface area contributed by atoms with E-state index in [4.69, 9.17) is 9.47 Å². The summed E-state index contributed by atoms with van der Waals surface area (Å²) in [5.74, 6) is -1.32. The van der Waals surface area contributed by atoms with E-state index in [0.717, 1.165) is 25.0 Å². The summed E-state index contributed by atoms with van der Waals surface area (Å²) in [7, 11) is 0. The highest BCUT2D eigenvalue weighted by molar-refractivity contribution is 6.04. The molecule has 1 fully saturated rings. The molecule has 0 atom stereocenters. The maximum absolute atomic E-state index is 14.1. The summed E-state index contributed by atoms with van der Waals surface area (Å²) in [6.07, 6.45) is 1.06. The largest absolute Gasteiger partial charge is 0.462 e. The molecule has 0 aliphatic carbocycles. The summed E-state index contributed by atoms with van der Waals surface area (Å²) in [4.78, 5) is 18.2. The van der Waals surface area contributed by atoms with Gasteiger partial charge >= 0.3 is 5.97 Å². The Morgan fingerprint density at radius 1 is 1.41 bits per heavy atom. The third kappa shape index (κ3) is 2.74. The fourth-order valence-corrected chi connectivity index (χ4v) is 2.59. The normalized spacial score (nSPS) is 15.1. The molecule has 0 saturated carbocycles. The van der Waals surface area contributed by atoms with Gasteiger partial charge in [-0.05, 0) is 25.1 Å². The second-order valence-corrected chi connectivity index (χ2v) is 5.00. The predicted octanol–water partition coefficient (Wildman–Crippen LogP) is 2.39. The molecule has 1 aromatic carbocycles. The highest BCUT2D eigenvalue weighted by Crippen LogP contribution is 2.26. The predicted molar refractivity (Wildman–Crippen MR) is 80.7 cm³/mol. The van der Waals surface area contributed by atoms with Crippen LogP contribution in [0.1, 0.15) is 17.3 Å². The molecule has 0 radical (unpaired) electrons. The van der Waals surface area contributed by atoms with Gasteiger partial charge in [-0.15, -0.1) is 0 Å². The Morgan fingerprint density at radius 2 is 2.18 bits per heavy atom. The van der Waals surface area contributed by atoms with Gasteiger partial charge in [-0.2, -0.15) is 0 Å². The van der Waals surface area contributed by atoms with Crippen molar-refractivity contribution in [3.05, 3.63) is 35.8 Å². The summed E-state index contributed by atoms with van der Waals surface area (Å²) in [6, 6.07) is 5.51. The molecule has 1 aliphatic heterocycles. The Bertz CT molecular complexity index is 699. The summed E-state index contributed by atoms with van der Waals surface area (Å²) in [5, 5.41) is 0.474. The second kappa shape index (κ2) is 6.27. The van der Waals surface area contributed by atoms with E-state index < -0.39 is 11.8 Å². The van der Waals surface area contributed by atoms with Crippen molar-refractivity contribution in [1.82, 2.24) is 4.98 Å². The zero-order chi connectivity index (χ0) is 15.5. The Hall–Kier alpha value is -2.21. The number of carbonyl (C=O) groups is 1. The van der Waals surface area contributed by atoms with Gasteiger partial charge in [-0.3, -0.25) is 4.98 Å². The van der Waals surface area contributed by atoms with Gasteiger partial charge in [0.1, 0.15) is 5.56 Å². The molecule has 2 aromatic rings. The molecule has 5 nitrogen and oxygen atoms in total. The molecule has 0 bridgehead atoms. The fourth-order valence-electron chi connectivity index (χ4n) is 2.59. The van der Waals surface area contributed by atoms with Gasteiger partial charge in [-0.1, -0.05) is 0 Å². The first-order chi connectivity index (χ1) is 10.7. The fraction of sp³-hybridized carbons (Fsp3) is 0.375. The first-order valence-corrected chi connectivity index (χ1v) is 7.28. The van der Waals surface area contributed by atoms with E-state index in [2.05, 4.69) is 9.88 Å². The molecule has 1 saturated heterocycles. The van der Waals surface area contributed by atoms with Crippen molar-refractivity contribution < 1.29 is 18.7 Å². The van der Waals surface area contributed by atoms with Crippen molar-refractivity contribution in [2.24, 2.45) is 0 Å². The molecule has 0 unspecified atom stereocenters. The lowest BCUT2D eigenvalue weighted by atomic mass is 10.1. The maximum Gasteiger partial charge on any atom is 0.341 e. The molecule has 6 heteroatoms. The minimum Gasteiger partial charge on any atom is -0.462 e. The number of halogens is 1. The quantitative estimate of drug-likeness (QED) is 0.815. The van der Waals surface area contributed by atoms with Gasteiger partial charge < -0.3 is 14.4 Å². The van der Waals surface area contributed by atoms with Gasteiger partial charge in [-0.25, -0.2) is 9.18 Å². The molecule has 0 amide bonds. The van der Waals surface area contributed by atoms with Gasteiger partial charge in [0.2, 0.25) is 0 Å². The van der Waals surface area contributed by atoms with Crippen LogP contribution in [0.5, 0.6) is 0 Å². The number of ether oxygens (including phenoxy) is 2. The van der Waals surface area contributed by atoms with Crippen LogP contribution in [0.4, 0.5) is 10.1 Å². The zero-order valence-corrected chi connectivity index (χ0v) is 12.3. The SMILES string of the molecule is CCOC(=O)c1c(F)cnc2ccc(N3CCOCC3)cc12. The highest BCUT2D eigenvalue weighted by Gasteiger charge is 2.19. The van der Waals surface area contributed by atoms with Crippen LogP contribution < -0.4 is 4.90 Å². The van der Waals surface area contributed by atoms with Crippen LogP contribution in [0.15, 0.2) is 24.4 Å². The first kappa shape index (κ1) is 14.7. The number of nitrogens with zero attached hydrogens (tertiary/aromatic N) is 2. The average Bonchev–Trinajstić information content (AvgIpc) is 2.55. The van der Waals surface area contributed by atoms with Crippen LogP contribution in [-0.4, -0.2) is 43.9 Å². The van der Waals surface area contributed by atoms with Crippen molar-refractivity contribution in [3.8, 4) is 0 Å². The lowest BCUT2D eigenvalue weighted by molar-refractivity contribution is 0.0523. The Kier molecular flexibility index (Phi) is 4.20. The molecule has 116 valence electrons. The smallest absolute Gasteiger partial charge is 0.341 e. The van der Waals surface area contributed by atoms with E-state index in [-0.39, 0.29) is 12.2 Å². The molecule has 22 heavy (non-hydrogen) atoms. The number of benzene rings is 1. The van der Waals surface area contributed by atoms with Crippen molar-refractivity contribution >= 4 is 22.6 Å². The van der Waals surface area contributed by atoms with Crippen LogP contribution in [-0.2, 0) is 9.47 Å². The number of rotatable bonds is 3. The topological polar surface area (TPSA) is 51.7 Å². The van der Waals surface area contributed by atoms with Crippen molar-refractivity contribution in [3.63, 3.8) is 0 Å². The Morgan fingerprint density at radius 3 is 2.91 bits per heavy atom. The minimum atomic E-state index is -0.662. The van der Waals surface area contributed by atoms with Crippen molar-refractivity contribution in [2.45, 2.75) is 6.92 Å². The van der Waals surface area contributed by atoms with E-state index in [1.54, 1.807) is 19.1 Å². The van der Waals surface area contributed by atoms with E-state index in [1.807, 2.05) is 6.07 Å². The van der Waals surface area contributed by atoms with Crippen LogP contribution in [0, 0.1) is 5.82 Å². The summed E-state index contributed by atoms with van der Waals surface area (Å²) < 4.78 is 24.4. The van der Waals surface area contributed by atoms with Crippen molar-refractivity contribution in [2.75, 3.05) is 37.8 Å². The Labute approximate surface area is 127 Å². The molecule has 1 aromatic heterocycles. The first-order valence-electron chi connectivity index (χ1n) is 7.28. The van der Waals surface area contributed by atoms with E-state index in [1.165, 1.54) is 0 Å². The second-order valence-electron chi connectivity index (χ2n) is 5.00. The van der Waals surface area contributed by atoms with Gasteiger partial charge in [0.05, 0.1) is 31.5 Å². The number of anilines is 1. The molecular weight excluding hydrogens is 287 g/mol. The van der Waals surface area contributed by atoms with Gasteiger partial charge in [0, 0.05) is 24.2 Å². The summed E-state index contributed by atoms with van der Waals surface area (Å²) in [6.45, 7) is 4.74. The number of hydrogen-bond acceptors (Lipinski definition) is 5. The lowest BCUT2D eigenvalue weighted by Crippen LogP contribution is -2.36. The number of aromatic nitrogens is 1. The molecule has 3 rings (SSSR count). The lowest BCUT2D eigenvalue weighted by Gasteiger charge is -2.29. The molecule has 2 heterocycles. The summed E-state index contributed by atoms with van der Waals surface area (Å²) in [5.41, 5.74) is 1.44. The molecular formula is C16H17FN2O3. The molecule has 0 N–H and O–H groups in total. The third-order valence-electron chi connectivity index (χ3n) is 3.66. The molecule has 0 spiro atoms.